The highest BCUT2D eigenvalue weighted by Crippen LogP contribution is 2.11. The maximum absolute atomic E-state index is 11.9. The molecule has 0 unspecified atom stereocenters. The smallest absolute Gasteiger partial charge is 0.337 e. The first-order chi connectivity index (χ1) is 11.6. The van der Waals surface area contributed by atoms with Crippen LogP contribution in [0.2, 0.25) is 0 Å². The summed E-state index contributed by atoms with van der Waals surface area (Å²) >= 11 is 0. The van der Waals surface area contributed by atoms with Gasteiger partial charge in [-0.2, -0.15) is 5.26 Å². The highest BCUT2D eigenvalue weighted by Gasteiger charge is 2.09. The van der Waals surface area contributed by atoms with Crippen LogP contribution in [0.3, 0.4) is 0 Å². The highest BCUT2D eigenvalue weighted by molar-refractivity contribution is 5.97. The predicted molar refractivity (Wildman–Crippen MR) is 85.7 cm³/mol. The van der Waals surface area contributed by atoms with Crippen molar-refractivity contribution in [2.24, 2.45) is 0 Å². The number of benzene rings is 1. The van der Waals surface area contributed by atoms with Crippen LogP contribution in [0, 0.1) is 11.3 Å². The normalized spacial score (nSPS) is 10.6. The Kier molecular flexibility index (Phi) is 5.75. The minimum absolute atomic E-state index is 0.0846. The topological polar surface area (TPSA) is 104 Å². The van der Waals surface area contributed by atoms with Gasteiger partial charge in [-0.1, -0.05) is 0 Å². The van der Waals surface area contributed by atoms with E-state index in [1.807, 2.05) is 6.07 Å². The van der Waals surface area contributed by atoms with Crippen LogP contribution in [0.4, 0.5) is 5.69 Å². The van der Waals surface area contributed by atoms with Gasteiger partial charge in [0.1, 0.15) is 17.4 Å². The molecule has 7 heteroatoms. The Hall–Kier alpha value is -3.53. The highest BCUT2D eigenvalue weighted by atomic mass is 16.5. The van der Waals surface area contributed by atoms with Gasteiger partial charge in [-0.3, -0.25) is 4.79 Å². The molecule has 0 bridgehead atoms. The minimum atomic E-state index is -0.521. The van der Waals surface area contributed by atoms with Crippen molar-refractivity contribution in [2.45, 2.75) is 6.54 Å². The number of carbonyl (C=O) groups excluding carboxylic acids is 2. The van der Waals surface area contributed by atoms with Crippen molar-refractivity contribution in [3.05, 3.63) is 65.8 Å². The van der Waals surface area contributed by atoms with E-state index in [4.69, 9.17) is 9.68 Å². The van der Waals surface area contributed by atoms with E-state index < -0.39 is 11.9 Å². The lowest BCUT2D eigenvalue weighted by atomic mass is 10.2. The Balaban J connectivity index is 1.96. The Morgan fingerprint density at radius 1 is 1.29 bits per heavy atom. The molecule has 24 heavy (non-hydrogen) atoms. The summed E-state index contributed by atoms with van der Waals surface area (Å²) in [6.45, 7) is 0.193. The summed E-state index contributed by atoms with van der Waals surface area (Å²) in [5.41, 5.74) is 0.941. The van der Waals surface area contributed by atoms with Gasteiger partial charge < -0.3 is 19.8 Å². The molecule has 0 radical (unpaired) electrons. The second-order valence-corrected chi connectivity index (χ2v) is 4.65. The van der Waals surface area contributed by atoms with Crippen molar-refractivity contribution in [2.75, 3.05) is 12.4 Å². The van der Waals surface area contributed by atoms with E-state index in [9.17, 15) is 9.59 Å². The number of esters is 1. The molecule has 2 aromatic rings. The molecule has 0 aliphatic rings. The third-order valence-corrected chi connectivity index (χ3v) is 3.06. The van der Waals surface area contributed by atoms with Gasteiger partial charge in [0.05, 0.1) is 25.5 Å². The van der Waals surface area contributed by atoms with E-state index >= 15 is 0 Å². The summed E-state index contributed by atoms with van der Waals surface area (Å²) in [6, 6.07) is 11.7. The van der Waals surface area contributed by atoms with E-state index in [-0.39, 0.29) is 12.1 Å². The Bertz CT molecular complexity index is 771. The molecule has 1 aromatic carbocycles. The number of furan rings is 1. The van der Waals surface area contributed by atoms with Crippen molar-refractivity contribution in [3.63, 3.8) is 0 Å². The number of nitrogens with one attached hydrogen (secondary N) is 2. The molecule has 0 atom stereocenters. The Morgan fingerprint density at radius 2 is 2.04 bits per heavy atom. The molecule has 1 aromatic heterocycles. The molecule has 0 aliphatic heterocycles. The van der Waals surface area contributed by atoms with Crippen molar-refractivity contribution < 1.29 is 18.7 Å². The molecule has 0 saturated heterocycles. The van der Waals surface area contributed by atoms with Crippen LogP contribution in [0.15, 0.2) is 58.9 Å². The van der Waals surface area contributed by atoms with Gasteiger partial charge in [0.15, 0.2) is 0 Å². The second kappa shape index (κ2) is 8.19. The Morgan fingerprint density at radius 3 is 2.62 bits per heavy atom. The molecule has 2 N–H and O–H groups in total. The monoisotopic (exact) mass is 325 g/mol. The zero-order valence-electron chi connectivity index (χ0n) is 12.9. The van der Waals surface area contributed by atoms with Crippen LogP contribution in [-0.4, -0.2) is 19.0 Å². The molecule has 7 nitrogen and oxygen atoms in total. The maximum Gasteiger partial charge on any atom is 0.337 e. The van der Waals surface area contributed by atoms with E-state index in [2.05, 4.69) is 15.4 Å². The van der Waals surface area contributed by atoms with Crippen molar-refractivity contribution in [1.82, 2.24) is 5.32 Å². The first kappa shape index (κ1) is 16.8. The van der Waals surface area contributed by atoms with Crippen LogP contribution < -0.4 is 10.6 Å². The Labute approximate surface area is 138 Å². The molecular weight excluding hydrogens is 310 g/mol. The number of nitriles is 1. The van der Waals surface area contributed by atoms with Crippen molar-refractivity contribution in [1.29, 1.82) is 5.26 Å². The number of nitrogens with zero attached hydrogens (tertiary/aromatic N) is 1. The fourth-order valence-electron chi connectivity index (χ4n) is 1.80. The van der Waals surface area contributed by atoms with Gasteiger partial charge in [0.2, 0.25) is 0 Å². The summed E-state index contributed by atoms with van der Waals surface area (Å²) in [6.07, 6.45) is 2.80. The number of hydrogen-bond donors (Lipinski definition) is 2. The SMILES string of the molecule is COC(=O)c1ccc(N/C=C(/C#N)C(=O)NCc2ccco2)cc1. The van der Waals surface area contributed by atoms with E-state index in [0.29, 0.717) is 17.0 Å². The van der Waals surface area contributed by atoms with Crippen LogP contribution in [0.25, 0.3) is 0 Å². The van der Waals surface area contributed by atoms with Gasteiger partial charge in [0.25, 0.3) is 5.91 Å². The molecule has 1 heterocycles. The summed E-state index contributed by atoms with van der Waals surface area (Å²) in [4.78, 5) is 23.3. The zero-order valence-corrected chi connectivity index (χ0v) is 12.9. The first-order valence-electron chi connectivity index (χ1n) is 7.00. The molecule has 122 valence electrons. The lowest BCUT2D eigenvalue weighted by Gasteiger charge is -2.05. The number of rotatable bonds is 6. The van der Waals surface area contributed by atoms with Crippen LogP contribution in [0.1, 0.15) is 16.1 Å². The van der Waals surface area contributed by atoms with E-state index in [0.717, 1.165) is 0 Å². The fraction of sp³-hybridized carbons (Fsp3) is 0.118. The number of amides is 1. The predicted octanol–water partition coefficient (Wildman–Crippen LogP) is 2.20. The maximum atomic E-state index is 11.9. The lowest BCUT2D eigenvalue weighted by Crippen LogP contribution is -2.24. The van der Waals surface area contributed by atoms with Crippen LogP contribution >= 0.6 is 0 Å². The quantitative estimate of drug-likeness (QED) is 0.479. The van der Waals surface area contributed by atoms with Gasteiger partial charge in [-0.15, -0.1) is 0 Å². The molecule has 0 saturated carbocycles. The van der Waals surface area contributed by atoms with E-state index in [1.54, 1.807) is 36.4 Å². The largest absolute Gasteiger partial charge is 0.467 e. The molecule has 0 fully saturated rings. The summed E-state index contributed by atoms with van der Waals surface area (Å²) < 4.78 is 9.70. The first-order valence-corrected chi connectivity index (χ1v) is 7.00. The van der Waals surface area contributed by atoms with Gasteiger partial charge in [-0.25, -0.2) is 4.79 Å². The van der Waals surface area contributed by atoms with Gasteiger partial charge in [-0.05, 0) is 36.4 Å². The standard InChI is InChI=1S/C17H15N3O4/c1-23-17(22)12-4-6-14(7-5-12)19-10-13(9-18)16(21)20-11-15-3-2-8-24-15/h2-8,10,19H,11H2,1H3,(H,20,21)/b13-10-. The van der Waals surface area contributed by atoms with Crippen molar-refractivity contribution in [3.8, 4) is 6.07 Å². The average molecular weight is 325 g/mol. The second-order valence-electron chi connectivity index (χ2n) is 4.65. The van der Waals surface area contributed by atoms with Crippen molar-refractivity contribution >= 4 is 17.6 Å². The molecular formula is C17H15N3O4. The van der Waals surface area contributed by atoms with Gasteiger partial charge in [0, 0.05) is 11.9 Å². The number of hydrogen-bond acceptors (Lipinski definition) is 6. The molecule has 2 rings (SSSR count). The van der Waals surface area contributed by atoms with Crippen LogP contribution in [-0.2, 0) is 16.1 Å². The third kappa shape index (κ3) is 4.48. The van der Waals surface area contributed by atoms with Crippen LogP contribution in [0.5, 0.6) is 0 Å². The summed E-state index contributed by atoms with van der Waals surface area (Å²) in [7, 11) is 1.30. The molecule has 0 aliphatic carbocycles. The molecule has 1 amide bonds. The summed E-state index contributed by atoms with van der Waals surface area (Å²) in [5.74, 6) is -0.369. The number of methoxy groups -OCH3 is 1. The number of anilines is 1. The summed E-state index contributed by atoms with van der Waals surface area (Å²) in [5, 5.41) is 14.5. The average Bonchev–Trinajstić information content (AvgIpc) is 3.14. The fourth-order valence-corrected chi connectivity index (χ4v) is 1.80. The third-order valence-electron chi connectivity index (χ3n) is 3.06. The molecule has 0 spiro atoms. The number of ether oxygens (including phenoxy) is 1. The minimum Gasteiger partial charge on any atom is -0.467 e. The number of carbonyl (C=O) groups is 2. The van der Waals surface area contributed by atoms with E-state index in [1.165, 1.54) is 19.6 Å². The lowest BCUT2D eigenvalue weighted by molar-refractivity contribution is -0.117. The zero-order chi connectivity index (χ0) is 17.4. The van der Waals surface area contributed by atoms with Gasteiger partial charge >= 0.3 is 5.97 Å².